The van der Waals surface area contributed by atoms with Gasteiger partial charge in [-0.05, 0) is 19.8 Å². The van der Waals surface area contributed by atoms with Crippen molar-refractivity contribution in [2.24, 2.45) is 11.8 Å². The van der Waals surface area contributed by atoms with E-state index in [1.54, 1.807) is 20.8 Å². The maximum atomic E-state index is 10.9. The number of aliphatic hydroxyl groups is 1. The van der Waals surface area contributed by atoms with Gasteiger partial charge < -0.3 is 14.9 Å². The second kappa shape index (κ2) is 5.32. The van der Waals surface area contributed by atoms with Gasteiger partial charge in [-0.25, -0.2) is 0 Å². The summed E-state index contributed by atoms with van der Waals surface area (Å²) in [7, 11) is 0. The Morgan fingerprint density at radius 3 is 2.29 bits per heavy atom. The molecule has 0 aromatic rings. The number of carboxylic acid groups (broad SMARTS) is 1. The van der Waals surface area contributed by atoms with Crippen molar-refractivity contribution >= 4 is 5.97 Å². The minimum Gasteiger partial charge on any atom is -0.481 e. The second-order valence-electron chi connectivity index (χ2n) is 4.05. The van der Waals surface area contributed by atoms with Crippen LogP contribution in [-0.4, -0.2) is 35.0 Å². The Morgan fingerprint density at radius 2 is 2.00 bits per heavy atom. The van der Waals surface area contributed by atoms with E-state index < -0.39 is 17.5 Å². The molecule has 2 N–H and O–H groups in total. The van der Waals surface area contributed by atoms with Gasteiger partial charge in [-0.1, -0.05) is 13.8 Å². The molecule has 0 heterocycles. The molecule has 0 saturated carbocycles. The molecule has 0 aliphatic rings. The van der Waals surface area contributed by atoms with Crippen molar-refractivity contribution in [2.45, 2.75) is 33.3 Å². The van der Waals surface area contributed by atoms with E-state index in [0.29, 0.717) is 6.61 Å². The highest BCUT2D eigenvalue weighted by Crippen LogP contribution is 2.25. The minimum atomic E-state index is -1.31. The van der Waals surface area contributed by atoms with Crippen LogP contribution in [0.15, 0.2) is 0 Å². The summed E-state index contributed by atoms with van der Waals surface area (Å²) in [6.07, 6.45) is 0. The van der Waals surface area contributed by atoms with Gasteiger partial charge in [0.15, 0.2) is 0 Å². The van der Waals surface area contributed by atoms with Gasteiger partial charge in [-0.3, -0.25) is 4.79 Å². The molecule has 0 aliphatic carbocycles. The third-order valence-corrected chi connectivity index (χ3v) is 2.20. The molecule has 0 rings (SSSR count). The highest BCUT2D eigenvalue weighted by atomic mass is 16.5. The van der Waals surface area contributed by atoms with Crippen LogP contribution in [0.25, 0.3) is 0 Å². The molecule has 2 atom stereocenters. The third-order valence-electron chi connectivity index (χ3n) is 2.20. The summed E-state index contributed by atoms with van der Waals surface area (Å²) >= 11 is 0. The molecule has 0 aromatic heterocycles. The maximum absolute atomic E-state index is 10.9. The smallest absolute Gasteiger partial charge is 0.309 e. The van der Waals surface area contributed by atoms with Gasteiger partial charge in [-0.2, -0.15) is 0 Å². The maximum Gasteiger partial charge on any atom is 0.309 e. The van der Waals surface area contributed by atoms with Crippen molar-refractivity contribution in [3.63, 3.8) is 0 Å². The number of ether oxygens (including phenoxy) is 1. The number of carbonyl (C=O) groups is 1. The lowest BCUT2D eigenvalue weighted by molar-refractivity contribution is -0.159. The first-order valence-corrected chi connectivity index (χ1v) is 4.85. The second-order valence-corrected chi connectivity index (χ2v) is 4.05. The summed E-state index contributed by atoms with van der Waals surface area (Å²) in [5.41, 5.74) is -1.31. The van der Waals surface area contributed by atoms with Gasteiger partial charge in [-0.15, -0.1) is 0 Å². The van der Waals surface area contributed by atoms with Crippen LogP contribution in [0, 0.1) is 11.8 Å². The van der Waals surface area contributed by atoms with Gasteiger partial charge in [0.2, 0.25) is 0 Å². The zero-order valence-electron chi connectivity index (χ0n) is 9.28. The quantitative estimate of drug-likeness (QED) is 0.680. The van der Waals surface area contributed by atoms with E-state index in [4.69, 9.17) is 9.84 Å². The zero-order chi connectivity index (χ0) is 11.4. The van der Waals surface area contributed by atoms with Gasteiger partial charge in [0.1, 0.15) is 0 Å². The lowest BCUT2D eigenvalue weighted by Crippen LogP contribution is -2.46. The predicted molar refractivity (Wildman–Crippen MR) is 53.1 cm³/mol. The van der Waals surface area contributed by atoms with Crippen molar-refractivity contribution < 1.29 is 19.7 Å². The Kier molecular flexibility index (Phi) is 5.08. The largest absolute Gasteiger partial charge is 0.481 e. The Bertz CT molecular complexity index is 187. The van der Waals surface area contributed by atoms with Crippen molar-refractivity contribution in [3.8, 4) is 0 Å². The molecule has 0 bridgehead atoms. The highest BCUT2D eigenvalue weighted by molar-refractivity contribution is 5.71. The summed E-state index contributed by atoms with van der Waals surface area (Å²) in [5.74, 6) is -1.90. The van der Waals surface area contributed by atoms with Crippen molar-refractivity contribution in [2.75, 3.05) is 13.2 Å². The summed E-state index contributed by atoms with van der Waals surface area (Å²) in [4.78, 5) is 10.9. The van der Waals surface area contributed by atoms with Crippen LogP contribution in [0.4, 0.5) is 0 Å². The third kappa shape index (κ3) is 3.64. The van der Waals surface area contributed by atoms with E-state index in [-0.39, 0.29) is 12.5 Å². The van der Waals surface area contributed by atoms with E-state index in [2.05, 4.69) is 0 Å². The average Bonchev–Trinajstić information content (AvgIpc) is 1.98. The molecule has 84 valence electrons. The lowest BCUT2D eigenvalue weighted by Gasteiger charge is -2.32. The summed E-state index contributed by atoms with van der Waals surface area (Å²) < 4.78 is 5.07. The van der Waals surface area contributed by atoms with Crippen LogP contribution in [0.1, 0.15) is 27.7 Å². The molecule has 14 heavy (non-hydrogen) atoms. The van der Waals surface area contributed by atoms with Crippen LogP contribution >= 0.6 is 0 Å². The van der Waals surface area contributed by atoms with Gasteiger partial charge in [0, 0.05) is 6.61 Å². The first-order valence-electron chi connectivity index (χ1n) is 4.85. The predicted octanol–water partition coefficient (Wildman–Crippen LogP) is 1.13. The molecule has 0 radical (unpaired) electrons. The Labute approximate surface area is 84.9 Å². The van der Waals surface area contributed by atoms with E-state index >= 15 is 0 Å². The van der Waals surface area contributed by atoms with Gasteiger partial charge in [0.25, 0.3) is 0 Å². The fourth-order valence-electron chi connectivity index (χ4n) is 1.67. The number of hydrogen-bond acceptors (Lipinski definition) is 3. The Morgan fingerprint density at radius 1 is 1.50 bits per heavy atom. The standard InChI is InChI=1S/C10H20O4/c1-5-14-6-10(4,13)8(7(2)3)9(11)12/h7-8,13H,5-6H2,1-4H3,(H,11,12). The topological polar surface area (TPSA) is 66.8 Å². The average molecular weight is 204 g/mol. The minimum absolute atomic E-state index is 0.0542. The van der Waals surface area contributed by atoms with Crippen molar-refractivity contribution in [1.29, 1.82) is 0 Å². The molecule has 4 nitrogen and oxygen atoms in total. The van der Waals surface area contributed by atoms with Gasteiger partial charge in [0.05, 0.1) is 18.1 Å². The normalized spacial score (nSPS) is 17.9. The van der Waals surface area contributed by atoms with E-state index in [1.807, 2.05) is 0 Å². The van der Waals surface area contributed by atoms with Crippen LogP contribution in [0.3, 0.4) is 0 Å². The van der Waals surface area contributed by atoms with E-state index in [1.165, 1.54) is 6.92 Å². The SMILES string of the molecule is CCOCC(C)(O)C(C(=O)O)C(C)C. The molecule has 0 aliphatic heterocycles. The van der Waals surface area contributed by atoms with Crippen LogP contribution in [0.5, 0.6) is 0 Å². The van der Waals surface area contributed by atoms with Gasteiger partial charge >= 0.3 is 5.97 Å². The molecule has 0 saturated heterocycles. The number of hydrogen-bond donors (Lipinski definition) is 2. The first-order chi connectivity index (χ1) is 6.33. The first kappa shape index (κ1) is 13.4. The summed E-state index contributed by atoms with van der Waals surface area (Å²) in [6, 6.07) is 0. The van der Waals surface area contributed by atoms with Crippen LogP contribution < -0.4 is 0 Å². The number of carboxylic acids is 1. The number of rotatable bonds is 6. The van der Waals surface area contributed by atoms with E-state index in [0.717, 1.165) is 0 Å². The zero-order valence-corrected chi connectivity index (χ0v) is 9.28. The highest BCUT2D eigenvalue weighted by Gasteiger charge is 2.39. The summed E-state index contributed by atoms with van der Waals surface area (Å²) in [6.45, 7) is 7.39. The molecule has 4 heteroatoms. The molecule has 0 spiro atoms. The fourth-order valence-corrected chi connectivity index (χ4v) is 1.67. The van der Waals surface area contributed by atoms with E-state index in [9.17, 15) is 9.90 Å². The fraction of sp³-hybridized carbons (Fsp3) is 0.900. The molecular weight excluding hydrogens is 184 g/mol. The lowest BCUT2D eigenvalue weighted by atomic mass is 9.81. The molecule has 2 unspecified atom stereocenters. The molecule has 0 fully saturated rings. The Hall–Kier alpha value is -0.610. The Balaban J connectivity index is 4.54. The molecule has 0 aromatic carbocycles. The molecular formula is C10H20O4. The monoisotopic (exact) mass is 204 g/mol. The van der Waals surface area contributed by atoms with Crippen molar-refractivity contribution in [3.05, 3.63) is 0 Å². The summed E-state index contributed by atoms with van der Waals surface area (Å²) in [5, 5.41) is 18.9. The number of aliphatic carboxylic acids is 1. The van der Waals surface area contributed by atoms with Crippen molar-refractivity contribution in [1.82, 2.24) is 0 Å². The van der Waals surface area contributed by atoms with Crippen LogP contribution in [-0.2, 0) is 9.53 Å². The van der Waals surface area contributed by atoms with Crippen LogP contribution in [0.2, 0.25) is 0 Å². The molecule has 0 amide bonds.